The van der Waals surface area contributed by atoms with Gasteiger partial charge in [-0.25, -0.2) is 4.72 Å². The average molecular weight is 415 g/mol. The lowest BCUT2D eigenvalue weighted by Crippen LogP contribution is -2.36. The Morgan fingerprint density at radius 2 is 1.86 bits per heavy atom. The van der Waals surface area contributed by atoms with Crippen molar-refractivity contribution >= 4 is 21.1 Å². The lowest BCUT2D eigenvalue weighted by atomic mass is 10.0. The highest BCUT2D eigenvalue weighted by Gasteiger charge is 2.15. The zero-order valence-corrected chi connectivity index (χ0v) is 18.6. The van der Waals surface area contributed by atoms with Crippen LogP contribution in [0.1, 0.15) is 25.1 Å². The predicted molar refractivity (Wildman–Crippen MR) is 119 cm³/mol. The molecular formula is C22H30N4O2S. The van der Waals surface area contributed by atoms with Gasteiger partial charge in [-0.3, -0.25) is 4.98 Å². The molecule has 3 rings (SSSR count). The van der Waals surface area contributed by atoms with Gasteiger partial charge in [-0.1, -0.05) is 26.0 Å². The molecule has 2 heterocycles. The minimum Gasteiger partial charge on any atom is -0.347 e. The maximum absolute atomic E-state index is 12.0. The molecule has 0 amide bonds. The second-order valence-corrected chi connectivity index (χ2v) is 10.0. The van der Waals surface area contributed by atoms with Gasteiger partial charge in [-0.2, -0.15) is 12.7 Å². The highest BCUT2D eigenvalue weighted by Crippen LogP contribution is 2.29. The molecule has 0 aliphatic rings. The molecule has 6 nitrogen and oxygen atoms in total. The molecule has 0 fully saturated rings. The molecule has 156 valence electrons. The van der Waals surface area contributed by atoms with Crippen molar-refractivity contribution in [3.05, 3.63) is 54.0 Å². The van der Waals surface area contributed by atoms with Gasteiger partial charge in [0, 0.05) is 56.2 Å². The fourth-order valence-electron chi connectivity index (χ4n) is 3.46. The van der Waals surface area contributed by atoms with Gasteiger partial charge in [0.2, 0.25) is 0 Å². The highest BCUT2D eigenvalue weighted by molar-refractivity contribution is 7.87. The maximum atomic E-state index is 12.0. The minimum absolute atomic E-state index is 0.368. The molecule has 2 aromatic heterocycles. The monoisotopic (exact) mass is 414 g/mol. The smallest absolute Gasteiger partial charge is 0.278 e. The molecule has 0 spiro atoms. The summed E-state index contributed by atoms with van der Waals surface area (Å²) >= 11 is 0. The number of fused-ring (bicyclic) bond motifs is 1. The van der Waals surface area contributed by atoms with E-state index in [0.29, 0.717) is 18.9 Å². The lowest BCUT2D eigenvalue weighted by Gasteiger charge is -2.11. The first kappa shape index (κ1) is 21.5. The molecule has 3 aromatic rings. The fraction of sp³-hybridized carbons (Fsp3) is 0.409. The van der Waals surface area contributed by atoms with Crippen LogP contribution in [0.15, 0.2) is 42.7 Å². The van der Waals surface area contributed by atoms with Gasteiger partial charge in [-0.15, -0.1) is 0 Å². The van der Waals surface area contributed by atoms with Crippen LogP contribution in [0.3, 0.4) is 0 Å². The Morgan fingerprint density at radius 3 is 2.52 bits per heavy atom. The van der Waals surface area contributed by atoms with Crippen molar-refractivity contribution in [2.45, 2.75) is 33.7 Å². The normalized spacial score (nSPS) is 12.4. The lowest BCUT2D eigenvalue weighted by molar-refractivity contribution is 0.506. The molecular weight excluding hydrogens is 384 g/mol. The number of hydrogen-bond acceptors (Lipinski definition) is 3. The second kappa shape index (κ2) is 8.65. The molecule has 0 saturated carbocycles. The van der Waals surface area contributed by atoms with Crippen LogP contribution >= 0.6 is 0 Å². The zero-order chi connectivity index (χ0) is 21.2. The molecule has 7 heteroatoms. The number of hydrogen-bond donors (Lipinski definition) is 1. The van der Waals surface area contributed by atoms with Crippen LogP contribution in [0.2, 0.25) is 0 Å². The fourth-order valence-corrected chi connectivity index (χ4v) is 4.08. The maximum Gasteiger partial charge on any atom is 0.278 e. The van der Waals surface area contributed by atoms with Crippen molar-refractivity contribution in [1.29, 1.82) is 0 Å². The topological polar surface area (TPSA) is 67.2 Å². The van der Waals surface area contributed by atoms with Crippen molar-refractivity contribution in [1.82, 2.24) is 18.6 Å². The van der Waals surface area contributed by atoms with E-state index < -0.39 is 10.2 Å². The molecule has 0 unspecified atom stereocenters. The molecule has 0 saturated heterocycles. The highest BCUT2D eigenvalue weighted by atomic mass is 32.2. The number of aromatic nitrogens is 2. The van der Waals surface area contributed by atoms with Crippen molar-refractivity contribution in [3.63, 3.8) is 0 Å². The van der Waals surface area contributed by atoms with Crippen molar-refractivity contribution in [2.24, 2.45) is 5.92 Å². The predicted octanol–water partition coefficient (Wildman–Crippen LogP) is 3.61. The van der Waals surface area contributed by atoms with Gasteiger partial charge >= 0.3 is 0 Å². The Morgan fingerprint density at radius 1 is 1.14 bits per heavy atom. The van der Waals surface area contributed by atoms with Crippen LogP contribution in [0, 0.1) is 12.8 Å². The number of nitrogens with zero attached hydrogens (tertiary/aromatic N) is 3. The van der Waals surface area contributed by atoms with Crippen LogP contribution < -0.4 is 4.72 Å². The van der Waals surface area contributed by atoms with Gasteiger partial charge in [0.15, 0.2) is 0 Å². The van der Waals surface area contributed by atoms with E-state index in [0.717, 1.165) is 28.9 Å². The second-order valence-electron chi connectivity index (χ2n) is 8.05. The van der Waals surface area contributed by atoms with E-state index in [9.17, 15) is 8.42 Å². The van der Waals surface area contributed by atoms with E-state index in [-0.39, 0.29) is 0 Å². The van der Waals surface area contributed by atoms with Gasteiger partial charge in [0.25, 0.3) is 10.2 Å². The molecule has 1 N–H and O–H groups in total. The van der Waals surface area contributed by atoms with Gasteiger partial charge in [-0.05, 0) is 54.2 Å². The number of aryl methyl sites for hydroxylation is 1. The van der Waals surface area contributed by atoms with Gasteiger partial charge in [0.1, 0.15) is 0 Å². The first-order valence-corrected chi connectivity index (χ1v) is 11.3. The van der Waals surface area contributed by atoms with Crippen LogP contribution in [0.4, 0.5) is 0 Å². The zero-order valence-electron chi connectivity index (χ0n) is 17.8. The Hall–Kier alpha value is -2.22. The third-order valence-corrected chi connectivity index (χ3v) is 6.45. The van der Waals surface area contributed by atoms with Crippen molar-refractivity contribution < 1.29 is 8.42 Å². The molecule has 0 aliphatic carbocycles. The van der Waals surface area contributed by atoms with E-state index in [1.807, 2.05) is 19.2 Å². The average Bonchev–Trinajstić information content (AvgIpc) is 2.98. The van der Waals surface area contributed by atoms with E-state index in [1.54, 1.807) is 0 Å². The first-order chi connectivity index (χ1) is 13.7. The summed E-state index contributed by atoms with van der Waals surface area (Å²) in [6, 6.07) is 10.6. The quantitative estimate of drug-likeness (QED) is 0.612. The van der Waals surface area contributed by atoms with Crippen LogP contribution in [0.25, 0.3) is 22.0 Å². The summed E-state index contributed by atoms with van der Waals surface area (Å²) in [5.74, 6) is 0.512. The molecule has 0 radical (unpaired) electrons. The van der Waals surface area contributed by atoms with Crippen LogP contribution in [-0.4, -0.2) is 42.9 Å². The summed E-state index contributed by atoms with van der Waals surface area (Å²) < 4.78 is 30.1. The summed E-state index contributed by atoms with van der Waals surface area (Å²) in [4.78, 5) is 4.29. The molecule has 29 heavy (non-hydrogen) atoms. The summed E-state index contributed by atoms with van der Waals surface area (Å²) in [6.07, 6.45) is 4.64. The number of benzene rings is 1. The van der Waals surface area contributed by atoms with Crippen molar-refractivity contribution in [2.75, 3.05) is 20.6 Å². The number of nitrogens with one attached hydrogen (secondary N) is 1. The summed E-state index contributed by atoms with van der Waals surface area (Å²) in [5, 5.41) is 1.17. The van der Waals surface area contributed by atoms with Crippen molar-refractivity contribution in [3.8, 4) is 11.1 Å². The van der Waals surface area contributed by atoms with E-state index in [4.69, 9.17) is 0 Å². The summed E-state index contributed by atoms with van der Waals surface area (Å²) in [5.41, 5.74) is 5.63. The van der Waals surface area contributed by atoms with Crippen LogP contribution in [0.5, 0.6) is 0 Å². The van der Waals surface area contributed by atoms with Gasteiger partial charge < -0.3 is 4.57 Å². The Bertz CT molecular complexity index is 1100. The van der Waals surface area contributed by atoms with Crippen LogP contribution in [-0.2, 0) is 23.2 Å². The van der Waals surface area contributed by atoms with Gasteiger partial charge in [0.05, 0.1) is 0 Å². The molecule has 0 bridgehead atoms. The third kappa shape index (κ3) is 5.04. The Kier molecular flexibility index (Phi) is 6.41. The van der Waals surface area contributed by atoms with E-state index in [1.165, 1.54) is 29.3 Å². The van der Waals surface area contributed by atoms with E-state index >= 15 is 0 Å². The molecule has 0 atom stereocenters. The summed E-state index contributed by atoms with van der Waals surface area (Å²) in [6.45, 7) is 7.68. The van der Waals surface area contributed by atoms with E-state index in [2.05, 4.69) is 58.6 Å². The Labute approximate surface area is 173 Å². The summed E-state index contributed by atoms with van der Waals surface area (Å²) in [7, 11) is -0.356. The third-order valence-electron chi connectivity index (χ3n) is 4.92. The number of rotatable bonds is 8. The largest absolute Gasteiger partial charge is 0.347 e. The first-order valence-electron chi connectivity index (χ1n) is 9.89. The standard InChI is InChI=1S/C22H30N4O2S/c1-16(2)14-26-15-20(9-11-24-29(27,28)25(4)5)21-7-6-18(13-22(21)26)19-8-10-23-17(3)12-19/h6-8,10,12-13,15-16,24H,9,11,14H2,1-5H3. The Balaban J connectivity index is 1.95. The SMILES string of the molecule is Cc1cc(-c2ccc3c(CCNS(=O)(=O)N(C)C)cn(CC(C)C)c3c2)ccn1. The minimum atomic E-state index is -3.41. The molecule has 0 aliphatic heterocycles. The molecule has 1 aromatic carbocycles. The number of pyridine rings is 1.